The lowest BCUT2D eigenvalue weighted by Crippen LogP contribution is -2.37. The Morgan fingerprint density at radius 3 is 2.62 bits per heavy atom. The summed E-state index contributed by atoms with van der Waals surface area (Å²) >= 11 is 11.7. The van der Waals surface area contributed by atoms with E-state index < -0.39 is 11.8 Å². The number of nitrogen functional groups attached to an aromatic ring is 1. The molecule has 6 nitrogen and oxygen atoms in total. The highest BCUT2D eigenvalue weighted by atomic mass is 35.5. The number of hydrogen-bond acceptors (Lipinski definition) is 4. The minimum atomic E-state index is -0.554. The SMILES string of the molecule is CC1CC(=O)N(CC(=O)Nc2c(N)cc(Cl)cc2Cl)C1=O. The summed E-state index contributed by atoms with van der Waals surface area (Å²) in [4.78, 5) is 36.2. The summed E-state index contributed by atoms with van der Waals surface area (Å²) in [6, 6.07) is 2.88. The number of imide groups is 1. The molecule has 1 aliphatic rings. The molecule has 1 fully saturated rings. The molecule has 8 heteroatoms. The average Bonchev–Trinajstić information content (AvgIpc) is 2.60. The molecule has 1 unspecified atom stereocenters. The van der Waals surface area contributed by atoms with Gasteiger partial charge in [-0.2, -0.15) is 0 Å². The molecule has 0 radical (unpaired) electrons. The number of anilines is 2. The Bertz CT molecular complexity index is 610. The molecule has 1 aliphatic heterocycles. The zero-order valence-electron chi connectivity index (χ0n) is 11.2. The van der Waals surface area contributed by atoms with E-state index >= 15 is 0 Å². The summed E-state index contributed by atoms with van der Waals surface area (Å²) in [5, 5.41) is 3.01. The van der Waals surface area contributed by atoms with Crippen LogP contribution in [0.5, 0.6) is 0 Å². The van der Waals surface area contributed by atoms with Crippen molar-refractivity contribution in [3.05, 3.63) is 22.2 Å². The van der Waals surface area contributed by atoms with Crippen molar-refractivity contribution in [3.8, 4) is 0 Å². The van der Waals surface area contributed by atoms with Gasteiger partial charge in [-0.1, -0.05) is 30.1 Å². The van der Waals surface area contributed by atoms with Gasteiger partial charge in [0.1, 0.15) is 6.54 Å². The molecule has 0 saturated carbocycles. The zero-order valence-corrected chi connectivity index (χ0v) is 12.7. The fourth-order valence-corrected chi connectivity index (χ4v) is 2.62. The molecular formula is C13H13Cl2N3O3. The van der Waals surface area contributed by atoms with Gasteiger partial charge in [0.25, 0.3) is 0 Å². The van der Waals surface area contributed by atoms with Crippen molar-refractivity contribution in [1.82, 2.24) is 4.90 Å². The fraction of sp³-hybridized carbons (Fsp3) is 0.308. The first-order valence-corrected chi connectivity index (χ1v) is 6.93. The zero-order chi connectivity index (χ0) is 15.7. The van der Waals surface area contributed by atoms with Crippen molar-refractivity contribution >= 4 is 52.3 Å². The summed E-state index contributed by atoms with van der Waals surface area (Å²) in [6.45, 7) is 1.28. The number of nitrogens with two attached hydrogens (primary N) is 1. The van der Waals surface area contributed by atoms with Gasteiger partial charge >= 0.3 is 0 Å². The van der Waals surface area contributed by atoms with Gasteiger partial charge in [0.15, 0.2) is 0 Å². The van der Waals surface area contributed by atoms with Crippen LogP contribution in [0, 0.1) is 5.92 Å². The maximum absolute atomic E-state index is 12.0. The van der Waals surface area contributed by atoms with Crippen LogP contribution in [-0.2, 0) is 14.4 Å². The van der Waals surface area contributed by atoms with Gasteiger partial charge in [0.2, 0.25) is 17.7 Å². The molecule has 0 aliphatic carbocycles. The van der Waals surface area contributed by atoms with Gasteiger partial charge in [-0.25, -0.2) is 0 Å². The molecule has 112 valence electrons. The summed E-state index contributed by atoms with van der Waals surface area (Å²) in [6.07, 6.45) is 0.121. The molecule has 1 heterocycles. The van der Waals surface area contributed by atoms with Gasteiger partial charge in [0, 0.05) is 17.4 Å². The molecule has 21 heavy (non-hydrogen) atoms. The van der Waals surface area contributed by atoms with E-state index in [0.29, 0.717) is 5.02 Å². The van der Waals surface area contributed by atoms with E-state index in [2.05, 4.69) is 5.32 Å². The number of benzene rings is 1. The van der Waals surface area contributed by atoms with Crippen molar-refractivity contribution in [2.24, 2.45) is 5.92 Å². The van der Waals surface area contributed by atoms with Crippen LogP contribution in [0.1, 0.15) is 13.3 Å². The summed E-state index contributed by atoms with van der Waals surface area (Å²) in [7, 11) is 0. The van der Waals surface area contributed by atoms with Gasteiger partial charge < -0.3 is 11.1 Å². The van der Waals surface area contributed by atoms with E-state index in [-0.39, 0.29) is 41.2 Å². The third kappa shape index (κ3) is 3.28. The predicted molar refractivity (Wildman–Crippen MR) is 80.0 cm³/mol. The minimum absolute atomic E-state index is 0.121. The number of likely N-dealkylation sites (tertiary alicyclic amines) is 1. The molecule has 1 saturated heterocycles. The van der Waals surface area contributed by atoms with Crippen molar-refractivity contribution in [1.29, 1.82) is 0 Å². The number of carbonyl (C=O) groups is 3. The second kappa shape index (κ2) is 5.91. The van der Waals surface area contributed by atoms with Crippen LogP contribution in [0.4, 0.5) is 11.4 Å². The maximum Gasteiger partial charge on any atom is 0.244 e. The Morgan fingerprint density at radius 1 is 1.43 bits per heavy atom. The first-order valence-electron chi connectivity index (χ1n) is 6.18. The Kier molecular flexibility index (Phi) is 4.39. The van der Waals surface area contributed by atoms with E-state index in [1.165, 1.54) is 12.1 Å². The monoisotopic (exact) mass is 329 g/mol. The lowest BCUT2D eigenvalue weighted by Gasteiger charge is -2.15. The topological polar surface area (TPSA) is 92.5 Å². The molecule has 1 aromatic carbocycles. The second-order valence-electron chi connectivity index (χ2n) is 4.82. The number of rotatable bonds is 3. The van der Waals surface area contributed by atoms with Crippen molar-refractivity contribution in [2.45, 2.75) is 13.3 Å². The molecule has 2 rings (SSSR count). The van der Waals surface area contributed by atoms with E-state index in [9.17, 15) is 14.4 Å². The maximum atomic E-state index is 12.0. The third-order valence-corrected chi connectivity index (χ3v) is 3.64. The van der Waals surface area contributed by atoms with E-state index in [1.54, 1.807) is 6.92 Å². The number of carbonyl (C=O) groups excluding carboxylic acids is 3. The first-order chi connectivity index (χ1) is 9.79. The molecule has 3 N–H and O–H groups in total. The van der Waals surface area contributed by atoms with Crippen molar-refractivity contribution < 1.29 is 14.4 Å². The van der Waals surface area contributed by atoms with Crippen LogP contribution in [-0.4, -0.2) is 29.2 Å². The lowest BCUT2D eigenvalue weighted by atomic mass is 10.1. The van der Waals surface area contributed by atoms with Crippen LogP contribution in [0.2, 0.25) is 10.0 Å². The quantitative estimate of drug-likeness (QED) is 0.654. The van der Waals surface area contributed by atoms with Crippen LogP contribution >= 0.6 is 23.2 Å². The molecule has 0 aromatic heterocycles. The molecule has 3 amide bonds. The Morgan fingerprint density at radius 2 is 2.10 bits per heavy atom. The molecule has 0 bridgehead atoms. The highest BCUT2D eigenvalue weighted by Crippen LogP contribution is 2.32. The Labute approximate surface area is 131 Å². The van der Waals surface area contributed by atoms with E-state index in [1.807, 2.05) is 0 Å². The third-order valence-electron chi connectivity index (χ3n) is 3.12. The highest BCUT2D eigenvalue weighted by molar-refractivity contribution is 6.37. The van der Waals surface area contributed by atoms with Crippen LogP contribution < -0.4 is 11.1 Å². The molecule has 0 spiro atoms. The predicted octanol–water partition coefficient (Wildman–Crippen LogP) is 1.91. The smallest absolute Gasteiger partial charge is 0.244 e. The lowest BCUT2D eigenvalue weighted by molar-refractivity contribution is -0.142. The largest absolute Gasteiger partial charge is 0.397 e. The normalized spacial score (nSPS) is 18.2. The standard InChI is InChI=1S/C13H13Cl2N3O3/c1-6-2-11(20)18(13(6)21)5-10(19)17-12-8(15)3-7(14)4-9(12)16/h3-4,6H,2,5,16H2,1H3,(H,17,19). The number of amides is 3. The average molecular weight is 330 g/mol. The van der Waals surface area contributed by atoms with Gasteiger partial charge in [-0.3, -0.25) is 19.3 Å². The fourth-order valence-electron chi connectivity index (χ4n) is 2.06. The first kappa shape index (κ1) is 15.6. The molecule has 1 atom stereocenters. The van der Waals surface area contributed by atoms with Crippen LogP contribution in [0.15, 0.2) is 12.1 Å². The van der Waals surface area contributed by atoms with Gasteiger partial charge in [-0.05, 0) is 12.1 Å². The van der Waals surface area contributed by atoms with Gasteiger partial charge in [-0.15, -0.1) is 0 Å². The van der Waals surface area contributed by atoms with Crippen LogP contribution in [0.25, 0.3) is 0 Å². The summed E-state index contributed by atoms with van der Waals surface area (Å²) in [5.41, 5.74) is 6.13. The second-order valence-corrected chi connectivity index (χ2v) is 5.67. The van der Waals surface area contributed by atoms with E-state index in [4.69, 9.17) is 28.9 Å². The summed E-state index contributed by atoms with van der Waals surface area (Å²) in [5.74, 6) is -1.67. The van der Waals surface area contributed by atoms with Crippen molar-refractivity contribution in [2.75, 3.05) is 17.6 Å². The number of nitrogens with one attached hydrogen (secondary N) is 1. The number of nitrogens with zero attached hydrogens (tertiary/aromatic N) is 1. The van der Waals surface area contributed by atoms with E-state index in [0.717, 1.165) is 4.90 Å². The molecular weight excluding hydrogens is 317 g/mol. The van der Waals surface area contributed by atoms with Gasteiger partial charge in [0.05, 0.1) is 16.4 Å². The number of hydrogen-bond donors (Lipinski definition) is 2. The Hall–Kier alpha value is -1.79. The van der Waals surface area contributed by atoms with Crippen molar-refractivity contribution in [3.63, 3.8) is 0 Å². The summed E-state index contributed by atoms with van der Waals surface area (Å²) < 4.78 is 0. The Balaban J connectivity index is 2.10. The van der Waals surface area contributed by atoms with Crippen LogP contribution in [0.3, 0.4) is 0 Å². The molecule has 1 aromatic rings. The highest BCUT2D eigenvalue weighted by Gasteiger charge is 2.36. The minimum Gasteiger partial charge on any atom is -0.397 e. The number of halogens is 2.